The summed E-state index contributed by atoms with van der Waals surface area (Å²) in [6, 6.07) is 49.1. The Morgan fingerprint density at radius 3 is 2.16 bits per heavy atom. The fourth-order valence-corrected chi connectivity index (χ4v) is 7.02. The van der Waals surface area contributed by atoms with Crippen molar-refractivity contribution in [2.75, 3.05) is 0 Å². The Morgan fingerprint density at radius 1 is 0.714 bits per heavy atom. The molecule has 7 aromatic rings. The Hall–Kier alpha value is -6.40. The minimum Gasteiger partial charge on any atom is -0.283 e. The average molecular weight is 635 g/mol. The van der Waals surface area contributed by atoms with E-state index in [9.17, 15) is 0 Å². The van der Waals surface area contributed by atoms with Crippen molar-refractivity contribution >= 4 is 12.3 Å². The van der Waals surface area contributed by atoms with Crippen molar-refractivity contribution in [2.24, 2.45) is 5.10 Å². The summed E-state index contributed by atoms with van der Waals surface area (Å²) in [6.45, 7) is 2.09. The lowest BCUT2D eigenvalue weighted by atomic mass is 9.67. The zero-order valence-electron chi connectivity index (χ0n) is 27.1. The van der Waals surface area contributed by atoms with Crippen molar-refractivity contribution in [3.05, 3.63) is 191 Å². The average Bonchev–Trinajstić information content (AvgIpc) is 3.75. The Kier molecular flexibility index (Phi) is 7.74. The van der Waals surface area contributed by atoms with Crippen molar-refractivity contribution < 1.29 is 0 Å². The zero-order chi connectivity index (χ0) is 33.2. The first-order chi connectivity index (χ1) is 24.1. The van der Waals surface area contributed by atoms with E-state index in [0.717, 1.165) is 28.7 Å². The highest BCUT2D eigenvalue weighted by molar-refractivity contribution is 5.90. The molecule has 0 radical (unpaired) electrons. The van der Waals surface area contributed by atoms with Crippen LogP contribution in [0, 0.1) is 5.41 Å². The maximum absolute atomic E-state index is 8.27. The van der Waals surface area contributed by atoms with Crippen LogP contribution in [0.3, 0.4) is 0 Å². The smallest absolute Gasteiger partial charge is 0.181 e. The number of rotatable bonds is 8. The number of aromatic nitrogens is 4. The van der Waals surface area contributed by atoms with E-state index in [4.69, 9.17) is 10.4 Å². The van der Waals surface area contributed by atoms with Crippen LogP contribution in [0.2, 0.25) is 0 Å². The highest BCUT2D eigenvalue weighted by Gasteiger charge is 2.46. The summed E-state index contributed by atoms with van der Waals surface area (Å²) in [6.07, 6.45) is 8.49. The third-order valence-corrected chi connectivity index (χ3v) is 9.19. The van der Waals surface area contributed by atoms with Crippen LogP contribution in [0.15, 0.2) is 157 Å². The third-order valence-electron chi connectivity index (χ3n) is 9.19. The summed E-state index contributed by atoms with van der Waals surface area (Å²) in [5, 5.41) is 20.5. The summed E-state index contributed by atoms with van der Waals surface area (Å²) in [4.78, 5) is 4.78. The van der Waals surface area contributed by atoms with Gasteiger partial charge in [-0.2, -0.15) is 10.2 Å². The molecular weight excluding hydrogens is 601 g/mol. The number of hydrogen-bond donors (Lipinski definition) is 2. The van der Waals surface area contributed by atoms with Gasteiger partial charge in [-0.3, -0.25) is 10.5 Å². The van der Waals surface area contributed by atoms with E-state index in [0.29, 0.717) is 17.1 Å². The van der Waals surface area contributed by atoms with Crippen LogP contribution < -0.4 is 5.49 Å². The monoisotopic (exact) mass is 634 g/mol. The standard InChI is InChI=1S/C43H34N6/c1-2-3-21-41-46-42(48-47-41)33-26-30(29-45-49-24-13-12-20-40(49)44)25-32(27-33)31-22-23-37-36-18-10-11-19-38(36)43(39(37)28-31,34-14-6-4-7-15-34)35-16-8-5-9-17-35/h3-29,44H,2H2,1H3,(H,46,47,48)/b21-3-,44-40?,45-29+. The number of fused-ring (bicyclic) bond motifs is 3. The SMILES string of the molecule is CC/C=C\c1nc(-c2cc(/C=N/n3ccccc3=N)cc(-c3ccc4c(c3)C(c3ccccc3)(c3ccccc3)c3ccccc3-4)c2)n[nH]1. The van der Waals surface area contributed by atoms with Gasteiger partial charge < -0.3 is 0 Å². The van der Waals surface area contributed by atoms with Crippen LogP contribution in [-0.2, 0) is 5.41 Å². The maximum Gasteiger partial charge on any atom is 0.181 e. The second-order valence-electron chi connectivity index (χ2n) is 12.2. The molecule has 0 aliphatic heterocycles. The fourth-order valence-electron chi connectivity index (χ4n) is 7.02. The molecule has 1 aliphatic rings. The molecule has 0 bridgehead atoms. The molecule has 2 N–H and O–H groups in total. The lowest BCUT2D eigenvalue weighted by Gasteiger charge is -2.34. The summed E-state index contributed by atoms with van der Waals surface area (Å²) < 4.78 is 1.55. The maximum atomic E-state index is 8.27. The van der Waals surface area contributed by atoms with E-state index < -0.39 is 5.41 Å². The number of H-pyrrole nitrogens is 1. The van der Waals surface area contributed by atoms with Gasteiger partial charge in [0, 0.05) is 11.8 Å². The summed E-state index contributed by atoms with van der Waals surface area (Å²) in [7, 11) is 0. The van der Waals surface area contributed by atoms with Gasteiger partial charge in [0.15, 0.2) is 5.82 Å². The molecule has 0 saturated heterocycles. The van der Waals surface area contributed by atoms with Gasteiger partial charge in [0.1, 0.15) is 11.3 Å². The first-order valence-electron chi connectivity index (χ1n) is 16.5. The second kappa shape index (κ2) is 12.7. The van der Waals surface area contributed by atoms with Crippen molar-refractivity contribution in [1.82, 2.24) is 19.9 Å². The molecule has 0 spiro atoms. The van der Waals surface area contributed by atoms with Crippen LogP contribution in [0.1, 0.15) is 47.0 Å². The van der Waals surface area contributed by atoms with Crippen LogP contribution in [0.4, 0.5) is 0 Å². The predicted octanol–water partition coefficient (Wildman–Crippen LogP) is 9.09. The van der Waals surface area contributed by atoms with Crippen LogP contribution >= 0.6 is 0 Å². The van der Waals surface area contributed by atoms with Crippen molar-refractivity contribution in [3.63, 3.8) is 0 Å². The minimum atomic E-state index is -0.495. The van der Waals surface area contributed by atoms with Crippen LogP contribution in [0.25, 0.3) is 39.7 Å². The Morgan fingerprint density at radius 2 is 1.41 bits per heavy atom. The topological polar surface area (TPSA) is 82.7 Å². The quantitative estimate of drug-likeness (QED) is 0.164. The van der Waals surface area contributed by atoms with E-state index in [1.54, 1.807) is 23.2 Å². The zero-order valence-corrected chi connectivity index (χ0v) is 27.1. The van der Waals surface area contributed by atoms with Crippen molar-refractivity contribution in [2.45, 2.75) is 18.8 Å². The van der Waals surface area contributed by atoms with Gasteiger partial charge in [-0.25, -0.2) is 9.66 Å². The molecule has 2 aromatic heterocycles. The molecule has 0 saturated carbocycles. The molecule has 1 aliphatic carbocycles. The van der Waals surface area contributed by atoms with E-state index in [1.807, 2.05) is 24.3 Å². The third kappa shape index (κ3) is 5.33. The lowest BCUT2D eigenvalue weighted by molar-refractivity contribution is 0.769. The normalized spacial score (nSPS) is 13.2. The fraction of sp³-hybridized carbons (Fsp3) is 0.0698. The molecule has 8 rings (SSSR count). The highest BCUT2D eigenvalue weighted by atomic mass is 15.3. The van der Waals surface area contributed by atoms with Gasteiger partial charge in [0.05, 0.1) is 11.6 Å². The van der Waals surface area contributed by atoms with E-state index in [2.05, 4.69) is 144 Å². The van der Waals surface area contributed by atoms with Gasteiger partial charge in [-0.05, 0) is 99.0 Å². The van der Waals surface area contributed by atoms with Gasteiger partial charge in [0.2, 0.25) is 0 Å². The largest absolute Gasteiger partial charge is 0.283 e. The Labute approximate surface area is 285 Å². The van der Waals surface area contributed by atoms with E-state index in [1.165, 1.54) is 33.4 Å². The molecule has 5 aromatic carbocycles. The lowest BCUT2D eigenvalue weighted by Crippen LogP contribution is -2.28. The van der Waals surface area contributed by atoms with Crippen molar-refractivity contribution in [1.29, 1.82) is 5.41 Å². The molecule has 0 fully saturated rings. The molecule has 6 nitrogen and oxygen atoms in total. The van der Waals surface area contributed by atoms with Crippen LogP contribution in [0.5, 0.6) is 0 Å². The van der Waals surface area contributed by atoms with Gasteiger partial charge in [-0.15, -0.1) is 0 Å². The summed E-state index contributed by atoms with van der Waals surface area (Å²) in [5.41, 5.74) is 11.1. The molecule has 0 unspecified atom stereocenters. The molecule has 2 heterocycles. The number of benzene rings is 5. The number of allylic oxidation sites excluding steroid dienone is 1. The van der Waals surface area contributed by atoms with Gasteiger partial charge >= 0.3 is 0 Å². The number of hydrogen-bond acceptors (Lipinski definition) is 4. The number of aromatic amines is 1. The minimum absolute atomic E-state index is 0.299. The number of nitrogens with zero attached hydrogens (tertiary/aromatic N) is 4. The molecule has 0 amide bonds. The van der Waals surface area contributed by atoms with Gasteiger partial charge in [-0.1, -0.05) is 116 Å². The molecular formula is C43H34N6. The first-order valence-corrected chi connectivity index (χ1v) is 16.5. The summed E-state index contributed by atoms with van der Waals surface area (Å²) >= 11 is 0. The van der Waals surface area contributed by atoms with E-state index in [-0.39, 0.29) is 0 Å². The Balaban J connectivity index is 1.34. The second-order valence-corrected chi connectivity index (χ2v) is 12.2. The Bertz CT molecular complexity index is 2360. The number of nitrogens with one attached hydrogen (secondary N) is 2. The summed E-state index contributed by atoms with van der Waals surface area (Å²) in [5.74, 6) is 1.32. The van der Waals surface area contributed by atoms with Crippen molar-refractivity contribution in [3.8, 4) is 33.6 Å². The molecule has 0 atom stereocenters. The molecule has 49 heavy (non-hydrogen) atoms. The predicted molar refractivity (Wildman–Crippen MR) is 197 cm³/mol. The van der Waals surface area contributed by atoms with Crippen LogP contribution in [-0.4, -0.2) is 26.1 Å². The van der Waals surface area contributed by atoms with E-state index >= 15 is 0 Å². The molecule has 6 heteroatoms. The molecule has 236 valence electrons. The number of pyridine rings is 1. The highest BCUT2D eigenvalue weighted by Crippen LogP contribution is 2.56. The first kappa shape index (κ1) is 30.0. The van der Waals surface area contributed by atoms with Gasteiger partial charge in [0.25, 0.3) is 0 Å².